The van der Waals surface area contributed by atoms with Crippen LogP contribution in [-0.4, -0.2) is 25.7 Å². The van der Waals surface area contributed by atoms with Gasteiger partial charge in [-0.05, 0) is 30.7 Å². The number of ketones is 1. The van der Waals surface area contributed by atoms with Crippen molar-refractivity contribution >= 4 is 5.78 Å². The van der Waals surface area contributed by atoms with E-state index in [9.17, 15) is 18.7 Å². The minimum absolute atomic E-state index is 0.0250. The Kier molecular flexibility index (Phi) is 4.79. The third-order valence-electron chi connectivity index (χ3n) is 4.05. The Balaban J connectivity index is 2.23. The van der Waals surface area contributed by atoms with E-state index in [1.54, 1.807) is 0 Å². The summed E-state index contributed by atoms with van der Waals surface area (Å²) < 4.78 is 29.4. The van der Waals surface area contributed by atoms with Crippen LogP contribution in [0.25, 0.3) is 11.3 Å². The SMILES string of the molecule is C[C@@H](O)c1cc(F)cc(F)c1-c1ncccc1C(=O)c1cc(C#N)nn1C. The van der Waals surface area contributed by atoms with Gasteiger partial charge < -0.3 is 5.11 Å². The zero-order valence-electron chi connectivity index (χ0n) is 14.4. The fourth-order valence-corrected chi connectivity index (χ4v) is 2.83. The standard InChI is InChI=1S/C19H14F2N4O2/c1-10(26)14-6-11(20)7-15(21)17(14)18-13(4-3-5-23-18)19(27)16-8-12(9-22)24-25(16)2/h3-8,10,26H,1-2H3/t10-/m1/s1. The minimum atomic E-state index is -1.18. The number of aromatic nitrogens is 3. The van der Waals surface area contributed by atoms with E-state index in [-0.39, 0.29) is 33.8 Å². The summed E-state index contributed by atoms with van der Waals surface area (Å²) in [6, 6.07) is 7.78. The summed E-state index contributed by atoms with van der Waals surface area (Å²) >= 11 is 0. The molecule has 0 aliphatic carbocycles. The number of halogens is 2. The zero-order valence-corrected chi connectivity index (χ0v) is 14.4. The number of aliphatic hydroxyl groups excluding tert-OH is 1. The van der Waals surface area contributed by atoms with Crippen LogP contribution in [0.3, 0.4) is 0 Å². The van der Waals surface area contributed by atoms with Crippen molar-refractivity contribution in [2.45, 2.75) is 13.0 Å². The molecule has 27 heavy (non-hydrogen) atoms. The molecule has 2 heterocycles. The number of carbonyl (C=O) groups is 1. The third kappa shape index (κ3) is 3.32. The molecule has 0 bridgehead atoms. The van der Waals surface area contributed by atoms with E-state index in [0.29, 0.717) is 6.07 Å². The molecule has 0 saturated heterocycles. The van der Waals surface area contributed by atoms with Crippen molar-refractivity contribution in [3.8, 4) is 17.3 Å². The zero-order chi connectivity index (χ0) is 19.7. The number of nitriles is 1. The lowest BCUT2D eigenvalue weighted by molar-refractivity contribution is 0.103. The van der Waals surface area contributed by atoms with Crippen molar-refractivity contribution in [1.29, 1.82) is 5.26 Å². The number of carbonyl (C=O) groups excluding carboxylic acids is 1. The maximum Gasteiger partial charge on any atom is 0.213 e. The Bertz CT molecular complexity index is 1080. The fourth-order valence-electron chi connectivity index (χ4n) is 2.83. The summed E-state index contributed by atoms with van der Waals surface area (Å²) in [7, 11) is 1.50. The molecule has 6 nitrogen and oxygen atoms in total. The molecule has 0 radical (unpaired) electrons. The van der Waals surface area contributed by atoms with Gasteiger partial charge in [-0.1, -0.05) is 0 Å². The average molecular weight is 368 g/mol. The summed E-state index contributed by atoms with van der Waals surface area (Å²) in [6.07, 6.45) is 0.182. The molecule has 2 aromatic heterocycles. The van der Waals surface area contributed by atoms with Crippen LogP contribution in [0.4, 0.5) is 8.78 Å². The second-order valence-corrected chi connectivity index (χ2v) is 5.91. The van der Waals surface area contributed by atoms with Gasteiger partial charge in [0.2, 0.25) is 5.78 Å². The van der Waals surface area contributed by atoms with Crippen LogP contribution in [0.1, 0.15) is 40.3 Å². The molecular weight excluding hydrogens is 354 g/mol. The smallest absolute Gasteiger partial charge is 0.213 e. The lowest BCUT2D eigenvalue weighted by atomic mass is 9.94. The number of aryl methyl sites for hydroxylation is 1. The molecule has 8 heteroatoms. The molecule has 1 atom stereocenters. The molecule has 0 saturated carbocycles. The van der Waals surface area contributed by atoms with Crippen LogP contribution in [-0.2, 0) is 7.05 Å². The first-order chi connectivity index (χ1) is 12.8. The summed E-state index contributed by atoms with van der Waals surface area (Å²) in [5, 5.41) is 22.8. The van der Waals surface area contributed by atoms with Gasteiger partial charge in [-0.2, -0.15) is 10.4 Å². The molecule has 0 aliphatic heterocycles. The van der Waals surface area contributed by atoms with E-state index in [1.165, 1.54) is 43.0 Å². The van der Waals surface area contributed by atoms with E-state index >= 15 is 0 Å². The molecule has 0 amide bonds. The van der Waals surface area contributed by atoms with Crippen molar-refractivity contribution in [3.63, 3.8) is 0 Å². The number of hydrogen-bond acceptors (Lipinski definition) is 5. The summed E-state index contributed by atoms with van der Waals surface area (Å²) in [4.78, 5) is 17.1. The Hall–Kier alpha value is -3.44. The van der Waals surface area contributed by atoms with Crippen LogP contribution in [0.15, 0.2) is 36.5 Å². The van der Waals surface area contributed by atoms with Gasteiger partial charge >= 0.3 is 0 Å². The lowest BCUT2D eigenvalue weighted by Gasteiger charge is -2.15. The number of hydrogen-bond donors (Lipinski definition) is 1. The second-order valence-electron chi connectivity index (χ2n) is 5.91. The lowest BCUT2D eigenvalue weighted by Crippen LogP contribution is -2.11. The van der Waals surface area contributed by atoms with Gasteiger partial charge in [0, 0.05) is 30.9 Å². The fraction of sp³-hybridized carbons (Fsp3) is 0.158. The second kappa shape index (κ2) is 7.05. The average Bonchev–Trinajstić information content (AvgIpc) is 3.01. The summed E-state index contributed by atoms with van der Waals surface area (Å²) in [6.45, 7) is 1.36. The highest BCUT2D eigenvalue weighted by molar-refractivity contribution is 6.11. The van der Waals surface area contributed by atoms with Gasteiger partial charge in [-0.15, -0.1) is 0 Å². The first kappa shape index (κ1) is 18.4. The molecule has 1 aromatic carbocycles. The van der Waals surface area contributed by atoms with Crippen LogP contribution in [0.5, 0.6) is 0 Å². The predicted molar refractivity (Wildman–Crippen MR) is 91.6 cm³/mol. The van der Waals surface area contributed by atoms with E-state index in [1.807, 2.05) is 6.07 Å². The van der Waals surface area contributed by atoms with Gasteiger partial charge in [-0.3, -0.25) is 14.5 Å². The van der Waals surface area contributed by atoms with Crippen molar-refractivity contribution in [1.82, 2.24) is 14.8 Å². The Labute approximate surface area is 153 Å². The van der Waals surface area contributed by atoms with Crippen LogP contribution >= 0.6 is 0 Å². The number of nitrogens with zero attached hydrogens (tertiary/aromatic N) is 4. The maximum atomic E-state index is 14.6. The molecular formula is C19H14F2N4O2. The van der Waals surface area contributed by atoms with Gasteiger partial charge in [0.05, 0.1) is 17.4 Å². The van der Waals surface area contributed by atoms with Crippen LogP contribution in [0, 0.1) is 23.0 Å². The molecule has 1 N–H and O–H groups in total. The quantitative estimate of drug-likeness (QED) is 0.715. The van der Waals surface area contributed by atoms with Gasteiger partial charge in [-0.25, -0.2) is 8.78 Å². The predicted octanol–water partition coefficient (Wildman–Crippen LogP) is 2.92. The Morgan fingerprint density at radius 3 is 2.70 bits per heavy atom. The Morgan fingerprint density at radius 2 is 2.07 bits per heavy atom. The number of benzene rings is 1. The van der Waals surface area contributed by atoms with Gasteiger partial charge in [0.25, 0.3) is 0 Å². The highest BCUT2D eigenvalue weighted by atomic mass is 19.1. The summed E-state index contributed by atoms with van der Waals surface area (Å²) in [5.74, 6) is -2.32. The first-order valence-electron chi connectivity index (χ1n) is 7.94. The normalized spacial score (nSPS) is 11.9. The van der Waals surface area contributed by atoms with E-state index in [4.69, 9.17) is 5.26 Å². The van der Waals surface area contributed by atoms with Gasteiger partial charge in [0.1, 0.15) is 23.4 Å². The third-order valence-corrected chi connectivity index (χ3v) is 4.05. The molecule has 0 aliphatic rings. The van der Waals surface area contributed by atoms with E-state index < -0.39 is 23.5 Å². The van der Waals surface area contributed by atoms with Crippen LogP contribution < -0.4 is 0 Å². The Morgan fingerprint density at radius 1 is 1.33 bits per heavy atom. The minimum Gasteiger partial charge on any atom is -0.389 e. The van der Waals surface area contributed by atoms with Crippen molar-refractivity contribution in [3.05, 3.63) is 70.7 Å². The molecule has 3 aromatic rings. The van der Waals surface area contributed by atoms with E-state index in [2.05, 4.69) is 10.1 Å². The summed E-state index contributed by atoms with van der Waals surface area (Å²) in [5.41, 5.74) is -0.000148. The molecule has 0 fully saturated rings. The molecule has 136 valence electrons. The highest BCUT2D eigenvalue weighted by Crippen LogP contribution is 2.33. The molecule has 0 unspecified atom stereocenters. The maximum absolute atomic E-state index is 14.6. The van der Waals surface area contributed by atoms with Crippen molar-refractivity contribution < 1.29 is 18.7 Å². The van der Waals surface area contributed by atoms with E-state index in [0.717, 1.165) is 6.07 Å². The van der Waals surface area contributed by atoms with Crippen LogP contribution in [0.2, 0.25) is 0 Å². The molecule has 3 rings (SSSR count). The number of pyridine rings is 1. The number of aliphatic hydroxyl groups is 1. The first-order valence-corrected chi connectivity index (χ1v) is 7.94. The highest BCUT2D eigenvalue weighted by Gasteiger charge is 2.25. The monoisotopic (exact) mass is 368 g/mol. The van der Waals surface area contributed by atoms with Crippen molar-refractivity contribution in [2.75, 3.05) is 0 Å². The molecule has 0 spiro atoms. The largest absolute Gasteiger partial charge is 0.389 e. The topological polar surface area (TPSA) is 91.8 Å². The van der Waals surface area contributed by atoms with Crippen molar-refractivity contribution in [2.24, 2.45) is 7.05 Å². The van der Waals surface area contributed by atoms with Gasteiger partial charge in [0.15, 0.2) is 5.69 Å². The number of rotatable bonds is 4.